The number of rotatable bonds is 5. The molecule has 3 nitrogen and oxygen atoms in total. The van der Waals surface area contributed by atoms with Gasteiger partial charge >= 0.3 is 0 Å². The van der Waals surface area contributed by atoms with Crippen molar-refractivity contribution in [2.75, 3.05) is 5.73 Å². The second-order valence-corrected chi connectivity index (χ2v) is 4.76. The van der Waals surface area contributed by atoms with E-state index in [2.05, 4.69) is 24.0 Å². The fourth-order valence-corrected chi connectivity index (χ4v) is 1.88. The van der Waals surface area contributed by atoms with Gasteiger partial charge in [0.1, 0.15) is 5.75 Å². The highest BCUT2D eigenvalue weighted by Crippen LogP contribution is 2.25. The Morgan fingerprint density at radius 3 is 2.58 bits per heavy atom. The molecule has 0 aliphatic heterocycles. The molecule has 3 heteroatoms. The van der Waals surface area contributed by atoms with Gasteiger partial charge in [0.2, 0.25) is 5.88 Å². The minimum Gasteiger partial charge on any atom is -0.437 e. The topological polar surface area (TPSA) is 48.1 Å². The first-order chi connectivity index (χ1) is 9.19. The minimum atomic E-state index is 0.465. The van der Waals surface area contributed by atoms with Crippen LogP contribution in [0.2, 0.25) is 0 Å². The number of pyridine rings is 1. The Kier molecular flexibility index (Phi) is 4.39. The van der Waals surface area contributed by atoms with E-state index in [1.165, 1.54) is 18.4 Å². The Hall–Kier alpha value is -2.03. The summed E-state index contributed by atoms with van der Waals surface area (Å²) in [4.78, 5) is 4.20. The smallest absolute Gasteiger partial charge is 0.242 e. The van der Waals surface area contributed by atoms with Crippen molar-refractivity contribution in [2.24, 2.45) is 0 Å². The summed E-state index contributed by atoms with van der Waals surface area (Å²) in [6.07, 6.45) is 5.29. The van der Waals surface area contributed by atoms with E-state index in [4.69, 9.17) is 10.5 Å². The van der Waals surface area contributed by atoms with E-state index in [-0.39, 0.29) is 0 Å². The van der Waals surface area contributed by atoms with Gasteiger partial charge in [0.25, 0.3) is 0 Å². The third kappa shape index (κ3) is 3.71. The highest BCUT2D eigenvalue weighted by Gasteiger charge is 2.04. The van der Waals surface area contributed by atoms with Crippen molar-refractivity contribution in [3.8, 4) is 11.6 Å². The van der Waals surface area contributed by atoms with Gasteiger partial charge in [0, 0.05) is 6.20 Å². The van der Waals surface area contributed by atoms with E-state index in [1.54, 1.807) is 6.20 Å². The van der Waals surface area contributed by atoms with Gasteiger partial charge < -0.3 is 10.5 Å². The number of hydrogen-bond acceptors (Lipinski definition) is 3. The molecule has 0 aliphatic rings. The van der Waals surface area contributed by atoms with Crippen LogP contribution in [0.3, 0.4) is 0 Å². The largest absolute Gasteiger partial charge is 0.437 e. The number of hydrogen-bond donors (Lipinski definition) is 1. The number of nitrogen functional groups attached to an aromatic ring is 1. The molecule has 2 N–H and O–H groups in total. The van der Waals surface area contributed by atoms with Gasteiger partial charge in [-0.2, -0.15) is 0 Å². The summed E-state index contributed by atoms with van der Waals surface area (Å²) in [6.45, 7) is 4.15. The Morgan fingerprint density at radius 1 is 1.21 bits per heavy atom. The van der Waals surface area contributed by atoms with Gasteiger partial charge in [0.15, 0.2) is 0 Å². The van der Waals surface area contributed by atoms with Crippen LogP contribution in [0.15, 0.2) is 36.5 Å². The van der Waals surface area contributed by atoms with Crippen molar-refractivity contribution in [2.45, 2.75) is 33.1 Å². The Bertz CT molecular complexity index is 535. The lowest BCUT2D eigenvalue weighted by molar-refractivity contribution is 0.465. The molecular formula is C16H20N2O. The van der Waals surface area contributed by atoms with E-state index >= 15 is 0 Å². The monoisotopic (exact) mass is 256 g/mol. The van der Waals surface area contributed by atoms with Crippen molar-refractivity contribution in [1.82, 2.24) is 4.98 Å². The molecule has 0 amide bonds. The first kappa shape index (κ1) is 13.4. The first-order valence-electron chi connectivity index (χ1n) is 6.68. The molecule has 19 heavy (non-hydrogen) atoms. The average molecular weight is 256 g/mol. The molecule has 0 saturated heterocycles. The van der Waals surface area contributed by atoms with Gasteiger partial charge in [-0.1, -0.05) is 25.5 Å². The molecule has 0 aliphatic carbocycles. The molecule has 100 valence electrons. The first-order valence-corrected chi connectivity index (χ1v) is 6.68. The van der Waals surface area contributed by atoms with Crippen LogP contribution in [0.5, 0.6) is 11.6 Å². The van der Waals surface area contributed by atoms with Gasteiger partial charge in [0.05, 0.1) is 5.69 Å². The van der Waals surface area contributed by atoms with Crippen LogP contribution in [0.1, 0.15) is 30.9 Å². The van der Waals surface area contributed by atoms with Crippen LogP contribution in [0, 0.1) is 6.92 Å². The number of nitrogens with zero attached hydrogens (tertiary/aromatic N) is 1. The SMILES string of the molecule is CCCCc1ccc(Oc2ncc(C)cc2N)cc1. The summed E-state index contributed by atoms with van der Waals surface area (Å²) in [6, 6.07) is 9.97. The lowest BCUT2D eigenvalue weighted by Gasteiger charge is -2.08. The Morgan fingerprint density at radius 2 is 1.95 bits per heavy atom. The molecule has 1 heterocycles. The quantitative estimate of drug-likeness (QED) is 0.875. The molecular weight excluding hydrogens is 236 g/mol. The molecule has 0 radical (unpaired) electrons. The second-order valence-electron chi connectivity index (χ2n) is 4.76. The molecule has 1 aromatic heterocycles. The molecule has 0 unspecified atom stereocenters. The van der Waals surface area contributed by atoms with Crippen LogP contribution >= 0.6 is 0 Å². The Balaban J connectivity index is 2.06. The fourth-order valence-electron chi connectivity index (χ4n) is 1.88. The van der Waals surface area contributed by atoms with Gasteiger partial charge in [-0.25, -0.2) is 4.98 Å². The number of anilines is 1. The summed E-state index contributed by atoms with van der Waals surface area (Å²) in [5.41, 5.74) is 8.80. The van der Waals surface area contributed by atoms with Gasteiger partial charge in [-0.05, 0) is 49.1 Å². The fraction of sp³-hybridized carbons (Fsp3) is 0.312. The molecule has 1 aromatic carbocycles. The maximum absolute atomic E-state index is 5.88. The van der Waals surface area contributed by atoms with E-state index < -0.39 is 0 Å². The lowest BCUT2D eigenvalue weighted by Crippen LogP contribution is -1.95. The third-order valence-corrected chi connectivity index (χ3v) is 2.97. The third-order valence-electron chi connectivity index (χ3n) is 2.97. The molecule has 0 fully saturated rings. The van der Waals surface area contributed by atoms with E-state index in [1.807, 2.05) is 25.1 Å². The normalized spacial score (nSPS) is 10.4. The lowest BCUT2D eigenvalue weighted by atomic mass is 10.1. The molecule has 2 rings (SSSR count). The zero-order valence-corrected chi connectivity index (χ0v) is 11.5. The van der Waals surface area contributed by atoms with Gasteiger partial charge in [-0.15, -0.1) is 0 Å². The summed E-state index contributed by atoms with van der Waals surface area (Å²) in [7, 11) is 0. The maximum Gasteiger partial charge on any atom is 0.242 e. The number of ether oxygens (including phenoxy) is 1. The standard InChI is InChI=1S/C16H20N2O/c1-3-4-5-13-6-8-14(9-7-13)19-16-15(17)10-12(2)11-18-16/h6-11H,3-5,17H2,1-2H3. The summed E-state index contributed by atoms with van der Waals surface area (Å²) >= 11 is 0. The summed E-state index contributed by atoms with van der Waals surface area (Å²) in [5, 5.41) is 0. The average Bonchev–Trinajstić information content (AvgIpc) is 2.41. The van der Waals surface area contributed by atoms with Crippen molar-refractivity contribution in [3.63, 3.8) is 0 Å². The van der Waals surface area contributed by atoms with Crippen LogP contribution in [0.25, 0.3) is 0 Å². The number of aromatic nitrogens is 1. The highest BCUT2D eigenvalue weighted by molar-refractivity contribution is 5.50. The molecule has 0 spiro atoms. The maximum atomic E-state index is 5.88. The van der Waals surface area contributed by atoms with Crippen LogP contribution in [0.4, 0.5) is 5.69 Å². The Labute approximate surface area is 114 Å². The van der Waals surface area contributed by atoms with Gasteiger partial charge in [-0.3, -0.25) is 0 Å². The molecule has 0 atom stereocenters. The molecule has 2 aromatic rings. The van der Waals surface area contributed by atoms with Crippen LogP contribution in [-0.2, 0) is 6.42 Å². The van der Waals surface area contributed by atoms with E-state index in [0.717, 1.165) is 17.7 Å². The zero-order valence-electron chi connectivity index (χ0n) is 11.5. The number of aryl methyl sites for hydroxylation is 2. The predicted molar refractivity (Wildman–Crippen MR) is 78.5 cm³/mol. The molecule has 0 bridgehead atoms. The minimum absolute atomic E-state index is 0.465. The van der Waals surface area contributed by atoms with Crippen molar-refractivity contribution < 1.29 is 4.74 Å². The number of unbranched alkanes of at least 4 members (excludes halogenated alkanes) is 1. The van der Waals surface area contributed by atoms with Crippen LogP contribution in [-0.4, -0.2) is 4.98 Å². The van der Waals surface area contributed by atoms with E-state index in [9.17, 15) is 0 Å². The van der Waals surface area contributed by atoms with Crippen LogP contribution < -0.4 is 10.5 Å². The van der Waals surface area contributed by atoms with Crippen molar-refractivity contribution >= 4 is 5.69 Å². The van der Waals surface area contributed by atoms with Crippen molar-refractivity contribution in [3.05, 3.63) is 47.7 Å². The highest BCUT2D eigenvalue weighted by atomic mass is 16.5. The second kappa shape index (κ2) is 6.23. The number of nitrogens with two attached hydrogens (primary N) is 1. The predicted octanol–water partition coefficient (Wildman–Crippen LogP) is 4.11. The molecule has 0 saturated carbocycles. The van der Waals surface area contributed by atoms with Crippen molar-refractivity contribution in [1.29, 1.82) is 0 Å². The number of benzene rings is 1. The summed E-state index contributed by atoms with van der Waals surface area (Å²) < 4.78 is 5.69. The summed E-state index contributed by atoms with van der Waals surface area (Å²) in [5.74, 6) is 1.23. The van der Waals surface area contributed by atoms with E-state index in [0.29, 0.717) is 11.6 Å². The zero-order chi connectivity index (χ0) is 13.7.